The second-order valence-corrected chi connectivity index (χ2v) is 4.98. The summed E-state index contributed by atoms with van der Waals surface area (Å²) in [6.07, 6.45) is 7.05. The molecule has 4 nitrogen and oxygen atoms in total. The first-order chi connectivity index (χ1) is 7.72. The Morgan fingerprint density at radius 1 is 1.75 bits per heavy atom. The first kappa shape index (κ1) is 11.5. The normalized spacial score (nSPS) is 19.2. The summed E-state index contributed by atoms with van der Waals surface area (Å²) in [5.41, 5.74) is 2.46. The Kier molecular flexibility index (Phi) is 3.53. The lowest BCUT2D eigenvalue weighted by Crippen LogP contribution is -2.32. The van der Waals surface area contributed by atoms with E-state index in [0.717, 1.165) is 19.3 Å². The van der Waals surface area contributed by atoms with Crippen molar-refractivity contribution in [1.29, 1.82) is 0 Å². The Morgan fingerprint density at radius 2 is 2.56 bits per heavy atom. The van der Waals surface area contributed by atoms with Gasteiger partial charge in [-0.25, -0.2) is 0 Å². The minimum atomic E-state index is 0.120. The third-order valence-corrected chi connectivity index (χ3v) is 3.54. The van der Waals surface area contributed by atoms with Gasteiger partial charge in [-0.1, -0.05) is 0 Å². The molecule has 0 saturated heterocycles. The second kappa shape index (κ2) is 4.91. The van der Waals surface area contributed by atoms with Gasteiger partial charge in [0.1, 0.15) is 0 Å². The number of nitrogens with zero attached hydrogens (tertiary/aromatic N) is 2. The Balaban J connectivity index is 2.10. The SMILES string of the molecule is CSCC(=O)NC1CCCc2c1cnn2C. The molecule has 1 unspecified atom stereocenters. The zero-order valence-corrected chi connectivity index (χ0v) is 10.5. The molecule has 5 heteroatoms. The van der Waals surface area contributed by atoms with Crippen molar-refractivity contribution < 1.29 is 4.79 Å². The number of aryl methyl sites for hydroxylation is 1. The van der Waals surface area contributed by atoms with E-state index in [0.29, 0.717) is 5.75 Å². The molecule has 1 aliphatic rings. The summed E-state index contributed by atoms with van der Waals surface area (Å²) in [4.78, 5) is 11.6. The molecule has 0 aliphatic heterocycles. The van der Waals surface area contributed by atoms with Crippen LogP contribution < -0.4 is 5.32 Å². The molecule has 0 saturated carbocycles. The van der Waals surface area contributed by atoms with Crippen LogP contribution in [0.2, 0.25) is 0 Å². The van der Waals surface area contributed by atoms with Gasteiger partial charge in [0.15, 0.2) is 0 Å². The average molecular weight is 239 g/mol. The molecule has 1 amide bonds. The Hall–Kier alpha value is -0.970. The molecule has 0 bridgehead atoms. The van der Waals surface area contributed by atoms with Gasteiger partial charge < -0.3 is 5.32 Å². The topological polar surface area (TPSA) is 46.9 Å². The summed E-state index contributed by atoms with van der Waals surface area (Å²) in [5.74, 6) is 0.653. The number of carbonyl (C=O) groups is 1. The maximum Gasteiger partial charge on any atom is 0.230 e. The van der Waals surface area contributed by atoms with Gasteiger partial charge in [0.25, 0.3) is 0 Å². The highest BCUT2D eigenvalue weighted by Gasteiger charge is 2.24. The van der Waals surface area contributed by atoms with Crippen molar-refractivity contribution in [3.05, 3.63) is 17.5 Å². The Bertz CT molecular complexity index is 389. The van der Waals surface area contributed by atoms with Gasteiger partial charge in [0.2, 0.25) is 5.91 Å². The predicted octanol–water partition coefficient (Wildman–Crippen LogP) is 1.28. The fourth-order valence-electron chi connectivity index (χ4n) is 2.22. The molecule has 1 aromatic rings. The van der Waals surface area contributed by atoms with Gasteiger partial charge in [-0.15, -0.1) is 0 Å². The smallest absolute Gasteiger partial charge is 0.230 e. The quantitative estimate of drug-likeness (QED) is 0.864. The van der Waals surface area contributed by atoms with Crippen molar-refractivity contribution in [3.63, 3.8) is 0 Å². The van der Waals surface area contributed by atoms with Gasteiger partial charge >= 0.3 is 0 Å². The number of hydrogen-bond donors (Lipinski definition) is 1. The van der Waals surface area contributed by atoms with Crippen LogP contribution in [-0.2, 0) is 18.3 Å². The first-order valence-corrected chi connectivity index (χ1v) is 6.91. The lowest BCUT2D eigenvalue weighted by molar-refractivity contribution is -0.119. The van der Waals surface area contributed by atoms with Crippen LogP contribution in [0.25, 0.3) is 0 Å². The van der Waals surface area contributed by atoms with Crippen molar-refractivity contribution in [3.8, 4) is 0 Å². The maximum atomic E-state index is 11.6. The predicted molar refractivity (Wildman–Crippen MR) is 65.4 cm³/mol. The highest BCUT2D eigenvalue weighted by Crippen LogP contribution is 2.28. The van der Waals surface area contributed by atoms with Crippen LogP contribution in [0.4, 0.5) is 0 Å². The van der Waals surface area contributed by atoms with E-state index in [1.807, 2.05) is 24.2 Å². The largest absolute Gasteiger partial charge is 0.348 e. The van der Waals surface area contributed by atoms with Gasteiger partial charge in [-0.3, -0.25) is 9.48 Å². The van der Waals surface area contributed by atoms with Crippen LogP contribution in [0.3, 0.4) is 0 Å². The molecule has 2 rings (SSSR count). The van der Waals surface area contributed by atoms with Crippen molar-refractivity contribution in [2.24, 2.45) is 7.05 Å². The number of thioether (sulfide) groups is 1. The van der Waals surface area contributed by atoms with Crippen molar-refractivity contribution in [2.45, 2.75) is 25.3 Å². The van der Waals surface area contributed by atoms with Gasteiger partial charge in [-0.05, 0) is 25.5 Å². The molecule has 1 aliphatic carbocycles. The van der Waals surface area contributed by atoms with E-state index < -0.39 is 0 Å². The van der Waals surface area contributed by atoms with E-state index in [1.165, 1.54) is 11.3 Å². The number of carbonyl (C=O) groups excluding carboxylic acids is 1. The molecule has 0 aromatic carbocycles. The van der Waals surface area contributed by atoms with Gasteiger partial charge in [0.05, 0.1) is 18.0 Å². The van der Waals surface area contributed by atoms with E-state index in [4.69, 9.17) is 0 Å². The summed E-state index contributed by atoms with van der Waals surface area (Å²) in [7, 11) is 1.96. The van der Waals surface area contributed by atoms with Crippen molar-refractivity contribution in [1.82, 2.24) is 15.1 Å². The van der Waals surface area contributed by atoms with E-state index in [2.05, 4.69) is 10.4 Å². The minimum Gasteiger partial charge on any atom is -0.348 e. The molecular formula is C11H17N3OS. The number of aromatic nitrogens is 2. The van der Waals surface area contributed by atoms with Crippen LogP contribution in [0.15, 0.2) is 6.20 Å². The zero-order valence-electron chi connectivity index (χ0n) is 9.69. The molecule has 1 heterocycles. The molecule has 1 N–H and O–H groups in total. The molecule has 1 atom stereocenters. The molecule has 0 spiro atoms. The third kappa shape index (κ3) is 2.24. The van der Waals surface area contributed by atoms with E-state index >= 15 is 0 Å². The molecular weight excluding hydrogens is 222 g/mol. The van der Waals surface area contributed by atoms with Crippen molar-refractivity contribution in [2.75, 3.05) is 12.0 Å². The van der Waals surface area contributed by atoms with E-state index in [1.54, 1.807) is 11.8 Å². The van der Waals surface area contributed by atoms with E-state index in [9.17, 15) is 4.79 Å². The van der Waals surface area contributed by atoms with Crippen LogP contribution in [0.5, 0.6) is 0 Å². The van der Waals surface area contributed by atoms with Crippen LogP contribution in [0, 0.1) is 0 Å². The lowest BCUT2D eigenvalue weighted by Gasteiger charge is -2.23. The summed E-state index contributed by atoms with van der Waals surface area (Å²) in [6, 6.07) is 0.164. The molecule has 0 radical (unpaired) electrons. The number of amides is 1. The molecule has 88 valence electrons. The van der Waals surface area contributed by atoms with Crippen LogP contribution in [-0.4, -0.2) is 27.7 Å². The number of nitrogens with one attached hydrogen (secondary N) is 1. The standard InChI is InChI=1S/C11H17N3OS/c1-14-10-5-3-4-9(8(10)6-12-14)13-11(15)7-16-2/h6,9H,3-5,7H2,1-2H3,(H,13,15). The Labute approximate surface area is 99.8 Å². The monoisotopic (exact) mass is 239 g/mol. The Morgan fingerprint density at radius 3 is 3.31 bits per heavy atom. The summed E-state index contributed by atoms with van der Waals surface area (Å²) in [5, 5.41) is 7.34. The van der Waals surface area contributed by atoms with Crippen LogP contribution >= 0.6 is 11.8 Å². The minimum absolute atomic E-state index is 0.120. The zero-order chi connectivity index (χ0) is 11.5. The van der Waals surface area contributed by atoms with Gasteiger partial charge in [-0.2, -0.15) is 16.9 Å². The number of fused-ring (bicyclic) bond motifs is 1. The number of hydrogen-bond acceptors (Lipinski definition) is 3. The highest BCUT2D eigenvalue weighted by molar-refractivity contribution is 7.99. The van der Waals surface area contributed by atoms with Gasteiger partial charge in [0, 0.05) is 18.3 Å². The third-order valence-electron chi connectivity index (χ3n) is 2.99. The summed E-state index contributed by atoms with van der Waals surface area (Å²) in [6.45, 7) is 0. The first-order valence-electron chi connectivity index (χ1n) is 5.51. The molecule has 16 heavy (non-hydrogen) atoms. The van der Waals surface area contributed by atoms with Crippen molar-refractivity contribution >= 4 is 17.7 Å². The fraction of sp³-hybridized carbons (Fsp3) is 0.636. The lowest BCUT2D eigenvalue weighted by atomic mass is 9.93. The maximum absolute atomic E-state index is 11.6. The van der Waals surface area contributed by atoms with E-state index in [-0.39, 0.29) is 11.9 Å². The number of rotatable bonds is 3. The van der Waals surface area contributed by atoms with Crippen LogP contribution in [0.1, 0.15) is 30.1 Å². The fourth-order valence-corrected chi connectivity index (χ4v) is 2.57. The molecule has 1 aromatic heterocycles. The summed E-state index contributed by atoms with van der Waals surface area (Å²) >= 11 is 1.55. The summed E-state index contributed by atoms with van der Waals surface area (Å²) < 4.78 is 1.92. The second-order valence-electron chi connectivity index (χ2n) is 4.12. The average Bonchev–Trinajstić information content (AvgIpc) is 2.62. The highest BCUT2D eigenvalue weighted by atomic mass is 32.2. The molecule has 0 fully saturated rings.